The fourth-order valence-electron chi connectivity index (χ4n) is 1.81. The SMILES string of the molecule is COc1ccc(C(=O)Oc2ccc(Br)c(C)c2)cc1OC. The smallest absolute Gasteiger partial charge is 0.343 e. The van der Waals surface area contributed by atoms with Crippen molar-refractivity contribution in [2.24, 2.45) is 0 Å². The molecule has 0 aliphatic heterocycles. The van der Waals surface area contributed by atoms with Crippen molar-refractivity contribution in [2.75, 3.05) is 14.2 Å². The number of halogens is 1. The number of aryl methyl sites for hydroxylation is 1. The van der Waals surface area contributed by atoms with Gasteiger partial charge in [-0.3, -0.25) is 0 Å². The minimum atomic E-state index is -0.447. The summed E-state index contributed by atoms with van der Waals surface area (Å²) in [6.07, 6.45) is 0. The monoisotopic (exact) mass is 350 g/mol. The first kappa shape index (κ1) is 15.4. The second kappa shape index (κ2) is 6.63. The van der Waals surface area contributed by atoms with Crippen molar-refractivity contribution in [2.45, 2.75) is 6.92 Å². The van der Waals surface area contributed by atoms with Gasteiger partial charge >= 0.3 is 5.97 Å². The summed E-state index contributed by atoms with van der Waals surface area (Å²) in [5.74, 6) is 1.10. The maximum absolute atomic E-state index is 12.1. The van der Waals surface area contributed by atoms with E-state index in [-0.39, 0.29) is 0 Å². The fraction of sp³-hybridized carbons (Fsp3) is 0.188. The van der Waals surface area contributed by atoms with Crippen molar-refractivity contribution in [3.63, 3.8) is 0 Å². The molecular weight excluding hydrogens is 336 g/mol. The Balaban J connectivity index is 2.21. The van der Waals surface area contributed by atoms with Crippen LogP contribution in [0.4, 0.5) is 0 Å². The van der Waals surface area contributed by atoms with Crippen molar-refractivity contribution in [3.05, 3.63) is 52.0 Å². The van der Waals surface area contributed by atoms with Crippen LogP contribution in [0.1, 0.15) is 15.9 Å². The van der Waals surface area contributed by atoms with Crippen LogP contribution in [0, 0.1) is 6.92 Å². The second-order valence-electron chi connectivity index (χ2n) is 4.37. The van der Waals surface area contributed by atoms with Crippen molar-refractivity contribution >= 4 is 21.9 Å². The molecule has 110 valence electrons. The topological polar surface area (TPSA) is 44.8 Å². The molecule has 0 atom stereocenters. The zero-order valence-electron chi connectivity index (χ0n) is 12.0. The Morgan fingerprint density at radius 2 is 1.71 bits per heavy atom. The molecule has 21 heavy (non-hydrogen) atoms. The highest BCUT2D eigenvalue weighted by molar-refractivity contribution is 9.10. The van der Waals surface area contributed by atoms with E-state index in [0.29, 0.717) is 22.8 Å². The lowest BCUT2D eigenvalue weighted by Gasteiger charge is -2.10. The predicted octanol–water partition coefficient (Wildman–Crippen LogP) is 3.99. The van der Waals surface area contributed by atoms with E-state index in [0.717, 1.165) is 10.0 Å². The third-order valence-electron chi connectivity index (χ3n) is 2.96. The molecule has 0 radical (unpaired) electrons. The van der Waals surface area contributed by atoms with Gasteiger partial charge in [0.2, 0.25) is 0 Å². The highest BCUT2D eigenvalue weighted by Crippen LogP contribution is 2.28. The average molecular weight is 351 g/mol. The average Bonchev–Trinajstić information content (AvgIpc) is 2.50. The van der Waals surface area contributed by atoms with Gasteiger partial charge in [-0.15, -0.1) is 0 Å². The number of methoxy groups -OCH3 is 2. The number of benzene rings is 2. The number of carbonyl (C=O) groups is 1. The van der Waals surface area contributed by atoms with E-state index >= 15 is 0 Å². The van der Waals surface area contributed by atoms with Gasteiger partial charge in [0.1, 0.15) is 5.75 Å². The summed E-state index contributed by atoms with van der Waals surface area (Å²) in [5.41, 5.74) is 1.39. The van der Waals surface area contributed by atoms with E-state index in [9.17, 15) is 4.79 Å². The number of rotatable bonds is 4. The van der Waals surface area contributed by atoms with Gasteiger partial charge in [0, 0.05) is 4.47 Å². The highest BCUT2D eigenvalue weighted by Gasteiger charge is 2.13. The summed E-state index contributed by atoms with van der Waals surface area (Å²) >= 11 is 3.40. The molecular formula is C16H15BrO4. The van der Waals surface area contributed by atoms with E-state index in [4.69, 9.17) is 14.2 Å². The third kappa shape index (κ3) is 3.55. The zero-order chi connectivity index (χ0) is 15.4. The van der Waals surface area contributed by atoms with Crippen molar-refractivity contribution in [1.29, 1.82) is 0 Å². The second-order valence-corrected chi connectivity index (χ2v) is 5.22. The largest absolute Gasteiger partial charge is 0.493 e. The maximum atomic E-state index is 12.1. The van der Waals surface area contributed by atoms with Gasteiger partial charge in [-0.2, -0.15) is 0 Å². The molecule has 0 saturated heterocycles. The van der Waals surface area contributed by atoms with Crippen LogP contribution >= 0.6 is 15.9 Å². The van der Waals surface area contributed by atoms with Gasteiger partial charge in [-0.05, 0) is 48.9 Å². The Labute approximate surface area is 131 Å². The number of esters is 1. The van der Waals surface area contributed by atoms with Gasteiger partial charge in [-0.25, -0.2) is 4.79 Å². The summed E-state index contributed by atoms with van der Waals surface area (Å²) in [6, 6.07) is 10.3. The summed E-state index contributed by atoms with van der Waals surface area (Å²) in [7, 11) is 3.06. The number of hydrogen-bond acceptors (Lipinski definition) is 4. The van der Waals surface area contributed by atoms with E-state index in [1.165, 1.54) is 7.11 Å². The van der Waals surface area contributed by atoms with E-state index in [1.807, 2.05) is 13.0 Å². The Bertz CT molecular complexity index is 667. The van der Waals surface area contributed by atoms with Crippen LogP contribution in [0.2, 0.25) is 0 Å². The van der Waals surface area contributed by atoms with Crippen LogP contribution < -0.4 is 14.2 Å². The highest BCUT2D eigenvalue weighted by atomic mass is 79.9. The zero-order valence-corrected chi connectivity index (χ0v) is 13.6. The van der Waals surface area contributed by atoms with Gasteiger partial charge in [0.25, 0.3) is 0 Å². The summed E-state index contributed by atoms with van der Waals surface area (Å²) < 4.78 is 16.6. The minimum Gasteiger partial charge on any atom is -0.493 e. The molecule has 2 aromatic carbocycles. The lowest BCUT2D eigenvalue weighted by atomic mass is 10.2. The van der Waals surface area contributed by atoms with Crippen molar-refractivity contribution < 1.29 is 19.0 Å². The summed E-state index contributed by atoms with van der Waals surface area (Å²) in [4.78, 5) is 12.1. The first-order valence-electron chi connectivity index (χ1n) is 6.25. The maximum Gasteiger partial charge on any atom is 0.343 e. The van der Waals surface area contributed by atoms with Gasteiger partial charge in [-0.1, -0.05) is 15.9 Å². The molecule has 2 rings (SSSR count). The van der Waals surface area contributed by atoms with Crippen LogP contribution in [0.5, 0.6) is 17.2 Å². The van der Waals surface area contributed by atoms with Crippen LogP contribution in [0.25, 0.3) is 0 Å². The van der Waals surface area contributed by atoms with Crippen molar-refractivity contribution in [3.8, 4) is 17.2 Å². The van der Waals surface area contributed by atoms with Crippen LogP contribution in [-0.2, 0) is 0 Å². The lowest BCUT2D eigenvalue weighted by Crippen LogP contribution is -2.09. The Kier molecular flexibility index (Phi) is 4.85. The van der Waals surface area contributed by atoms with E-state index in [1.54, 1.807) is 37.4 Å². The molecule has 0 saturated carbocycles. The van der Waals surface area contributed by atoms with E-state index < -0.39 is 5.97 Å². The Morgan fingerprint density at radius 3 is 2.33 bits per heavy atom. The molecule has 0 aliphatic carbocycles. The van der Waals surface area contributed by atoms with Crippen LogP contribution in [0.3, 0.4) is 0 Å². The summed E-state index contributed by atoms with van der Waals surface area (Å²) in [6.45, 7) is 1.93. The predicted molar refractivity (Wildman–Crippen MR) is 83.4 cm³/mol. The molecule has 0 spiro atoms. The first-order chi connectivity index (χ1) is 10.0. The molecule has 2 aromatic rings. The fourth-order valence-corrected chi connectivity index (χ4v) is 2.06. The molecule has 0 heterocycles. The third-order valence-corrected chi connectivity index (χ3v) is 3.85. The Morgan fingerprint density at radius 1 is 1.00 bits per heavy atom. The van der Waals surface area contributed by atoms with Crippen LogP contribution in [-0.4, -0.2) is 20.2 Å². The molecule has 0 unspecified atom stereocenters. The molecule has 5 heteroatoms. The lowest BCUT2D eigenvalue weighted by molar-refractivity contribution is 0.0734. The minimum absolute atomic E-state index is 0.397. The number of hydrogen-bond donors (Lipinski definition) is 0. The van der Waals surface area contributed by atoms with Gasteiger partial charge in [0.15, 0.2) is 11.5 Å². The Hall–Kier alpha value is -2.01. The molecule has 0 fully saturated rings. The first-order valence-corrected chi connectivity index (χ1v) is 7.05. The normalized spacial score (nSPS) is 10.1. The quantitative estimate of drug-likeness (QED) is 0.617. The molecule has 0 aromatic heterocycles. The van der Waals surface area contributed by atoms with Gasteiger partial charge < -0.3 is 14.2 Å². The van der Waals surface area contributed by atoms with Crippen LogP contribution in [0.15, 0.2) is 40.9 Å². The molecule has 0 aliphatic rings. The summed E-state index contributed by atoms with van der Waals surface area (Å²) in [5, 5.41) is 0. The molecule has 0 bridgehead atoms. The number of carbonyl (C=O) groups excluding carboxylic acids is 1. The van der Waals surface area contributed by atoms with Crippen molar-refractivity contribution in [1.82, 2.24) is 0 Å². The number of ether oxygens (including phenoxy) is 3. The molecule has 0 N–H and O–H groups in total. The molecule has 4 nitrogen and oxygen atoms in total. The molecule has 0 amide bonds. The van der Waals surface area contributed by atoms with Gasteiger partial charge in [0.05, 0.1) is 19.8 Å². The standard InChI is InChI=1S/C16H15BrO4/c1-10-8-12(5-6-13(10)17)21-16(18)11-4-7-14(19-2)15(9-11)20-3/h4-9H,1-3H3. The van der Waals surface area contributed by atoms with E-state index in [2.05, 4.69) is 15.9 Å².